The average molecular weight is 243 g/mol. The van der Waals surface area contributed by atoms with Crippen LogP contribution in [-0.2, 0) is 9.47 Å². The van der Waals surface area contributed by atoms with Crippen LogP contribution < -0.4 is 0 Å². The Morgan fingerprint density at radius 3 is 2.88 bits per heavy atom. The molecule has 0 aromatic heterocycles. The van der Waals surface area contributed by atoms with Crippen LogP contribution in [0, 0.1) is 0 Å². The van der Waals surface area contributed by atoms with Gasteiger partial charge < -0.3 is 14.6 Å². The molecule has 0 radical (unpaired) electrons. The first kappa shape index (κ1) is 14.0. The maximum atomic E-state index is 11.9. The Labute approximate surface area is 102 Å². The molecule has 1 fully saturated rings. The summed E-state index contributed by atoms with van der Waals surface area (Å²) < 4.78 is 10.6. The highest BCUT2D eigenvalue weighted by Crippen LogP contribution is 2.15. The van der Waals surface area contributed by atoms with Crippen LogP contribution in [0.3, 0.4) is 0 Å². The summed E-state index contributed by atoms with van der Waals surface area (Å²) in [5, 5.41) is 8.75. The van der Waals surface area contributed by atoms with E-state index in [2.05, 4.69) is 0 Å². The molecule has 17 heavy (non-hydrogen) atoms. The fourth-order valence-electron chi connectivity index (χ4n) is 1.55. The lowest BCUT2D eigenvalue weighted by Gasteiger charge is -2.35. The van der Waals surface area contributed by atoms with Crippen molar-refractivity contribution in [3.63, 3.8) is 0 Å². The minimum atomic E-state index is -0.499. The quantitative estimate of drug-likeness (QED) is 0.740. The number of hydrogen-bond acceptors (Lipinski definition) is 4. The van der Waals surface area contributed by atoms with Crippen molar-refractivity contribution in [1.29, 1.82) is 0 Å². The highest BCUT2D eigenvalue weighted by atomic mass is 16.6. The maximum absolute atomic E-state index is 11.9. The Hall–Kier alpha value is -1.07. The molecule has 0 bridgehead atoms. The Bertz CT molecular complexity index is 283. The van der Waals surface area contributed by atoms with Gasteiger partial charge in [-0.25, -0.2) is 4.79 Å². The first-order valence-corrected chi connectivity index (χ1v) is 5.79. The molecule has 1 heterocycles. The summed E-state index contributed by atoms with van der Waals surface area (Å²) in [6.07, 6.45) is 3.04. The van der Waals surface area contributed by atoms with Gasteiger partial charge in [0.2, 0.25) is 0 Å². The van der Waals surface area contributed by atoms with Gasteiger partial charge in [-0.05, 0) is 20.8 Å². The summed E-state index contributed by atoms with van der Waals surface area (Å²) >= 11 is 0. The molecule has 98 valence electrons. The van der Waals surface area contributed by atoms with Gasteiger partial charge in [-0.3, -0.25) is 4.90 Å². The number of rotatable bonds is 2. The Balaban J connectivity index is 2.64. The van der Waals surface area contributed by atoms with E-state index in [4.69, 9.17) is 14.6 Å². The van der Waals surface area contributed by atoms with E-state index in [-0.39, 0.29) is 18.7 Å². The van der Waals surface area contributed by atoms with Gasteiger partial charge in [0.1, 0.15) is 5.60 Å². The summed E-state index contributed by atoms with van der Waals surface area (Å²) in [6.45, 7) is 6.93. The van der Waals surface area contributed by atoms with Crippen molar-refractivity contribution >= 4 is 6.09 Å². The lowest BCUT2D eigenvalue weighted by molar-refractivity contribution is -0.0218. The van der Waals surface area contributed by atoms with Gasteiger partial charge in [-0.1, -0.05) is 12.2 Å². The molecule has 1 N–H and O–H groups in total. The lowest BCUT2D eigenvalue weighted by Crippen LogP contribution is -2.49. The van der Waals surface area contributed by atoms with E-state index in [9.17, 15) is 4.79 Å². The summed E-state index contributed by atoms with van der Waals surface area (Å²) in [5.74, 6) is 0. The summed E-state index contributed by atoms with van der Waals surface area (Å²) in [4.78, 5) is 13.6. The zero-order valence-corrected chi connectivity index (χ0v) is 10.7. The van der Waals surface area contributed by atoms with Crippen LogP contribution >= 0.6 is 0 Å². The monoisotopic (exact) mass is 243 g/mol. The van der Waals surface area contributed by atoms with Crippen molar-refractivity contribution in [2.45, 2.75) is 32.4 Å². The fraction of sp³-hybridized carbons (Fsp3) is 0.750. The van der Waals surface area contributed by atoms with Crippen LogP contribution in [0.2, 0.25) is 0 Å². The van der Waals surface area contributed by atoms with E-state index in [1.165, 1.54) is 0 Å². The van der Waals surface area contributed by atoms with Crippen LogP contribution in [0.1, 0.15) is 20.8 Å². The van der Waals surface area contributed by atoms with E-state index in [1.54, 1.807) is 17.1 Å². The van der Waals surface area contributed by atoms with Crippen molar-refractivity contribution in [3.05, 3.63) is 12.2 Å². The number of aliphatic hydroxyl groups excluding tert-OH is 1. The van der Waals surface area contributed by atoms with E-state index < -0.39 is 5.60 Å². The summed E-state index contributed by atoms with van der Waals surface area (Å²) in [5.41, 5.74) is -0.499. The Morgan fingerprint density at radius 2 is 2.29 bits per heavy atom. The predicted molar refractivity (Wildman–Crippen MR) is 63.8 cm³/mol. The molecule has 5 heteroatoms. The van der Waals surface area contributed by atoms with Crippen LogP contribution in [0.25, 0.3) is 0 Å². The van der Waals surface area contributed by atoms with E-state index in [1.807, 2.05) is 20.8 Å². The largest absolute Gasteiger partial charge is 0.444 e. The maximum Gasteiger partial charge on any atom is 0.410 e. The molecular weight excluding hydrogens is 222 g/mol. The number of carbonyl (C=O) groups excluding carboxylic acids is 1. The first-order chi connectivity index (χ1) is 7.94. The molecule has 1 saturated heterocycles. The Kier molecular flexibility index (Phi) is 4.96. The minimum Gasteiger partial charge on any atom is -0.444 e. The molecule has 0 saturated carbocycles. The fourth-order valence-corrected chi connectivity index (χ4v) is 1.55. The van der Waals surface area contributed by atoms with Crippen LogP contribution in [-0.4, -0.2) is 54.1 Å². The van der Waals surface area contributed by atoms with Gasteiger partial charge in [-0.2, -0.15) is 0 Å². The van der Waals surface area contributed by atoms with Crippen LogP contribution in [0.15, 0.2) is 12.2 Å². The smallest absolute Gasteiger partial charge is 0.410 e. The average Bonchev–Trinajstić information content (AvgIpc) is 2.24. The third kappa shape index (κ3) is 4.75. The van der Waals surface area contributed by atoms with Crippen LogP contribution in [0.5, 0.6) is 0 Å². The molecule has 1 aliphatic heterocycles. The third-order valence-corrected chi connectivity index (χ3v) is 2.26. The number of carbonyl (C=O) groups is 1. The molecule has 1 rings (SSSR count). The third-order valence-electron chi connectivity index (χ3n) is 2.26. The normalized spacial score (nSPS) is 21.9. The van der Waals surface area contributed by atoms with Crippen molar-refractivity contribution < 1.29 is 19.4 Å². The molecular formula is C12H21NO4. The molecule has 5 nitrogen and oxygen atoms in total. The molecule has 1 atom stereocenters. The zero-order chi connectivity index (χ0) is 12.9. The second-order valence-electron chi connectivity index (χ2n) is 4.93. The number of ether oxygens (including phenoxy) is 2. The minimum absolute atomic E-state index is 0.0430. The second-order valence-corrected chi connectivity index (χ2v) is 4.93. The number of morpholine rings is 1. The number of nitrogens with zero attached hydrogens (tertiary/aromatic N) is 1. The van der Waals surface area contributed by atoms with E-state index in [0.717, 1.165) is 0 Å². The molecule has 0 aromatic carbocycles. The lowest BCUT2D eigenvalue weighted by atomic mass is 10.2. The van der Waals surface area contributed by atoms with E-state index in [0.29, 0.717) is 19.8 Å². The molecule has 1 unspecified atom stereocenters. The van der Waals surface area contributed by atoms with Crippen molar-refractivity contribution in [2.24, 2.45) is 0 Å². The summed E-state index contributed by atoms with van der Waals surface area (Å²) in [7, 11) is 0. The summed E-state index contributed by atoms with van der Waals surface area (Å²) in [6, 6.07) is -0.161. The van der Waals surface area contributed by atoms with Gasteiger partial charge in [0.25, 0.3) is 0 Å². The highest BCUT2D eigenvalue weighted by Gasteiger charge is 2.29. The first-order valence-electron chi connectivity index (χ1n) is 5.79. The molecule has 0 aliphatic carbocycles. The number of amides is 1. The predicted octanol–water partition coefficient (Wildman–Crippen LogP) is 1.17. The van der Waals surface area contributed by atoms with Gasteiger partial charge in [-0.15, -0.1) is 0 Å². The number of hydrogen-bond donors (Lipinski definition) is 1. The van der Waals surface area contributed by atoms with E-state index >= 15 is 0 Å². The molecule has 1 aliphatic rings. The SMILES string of the molecule is CC(C)(C)OC(=O)N1CCOCC1/C=C/CO. The molecule has 1 amide bonds. The second kappa shape index (κ2) is 6.02. The van der Waals surface area contributed by atoms with Crippen molar-refractivity contribution in [2.75, 3.05) is 26.4 Å². The number of aliphatic hydroxyl groups is 1. The topological polar surface area (TPSA) is 59.0 Å². The standard InChI is InChI=1S/C12H21NO4/c1-12(2,3)17-11(15)13-6-8-16-9-10(13)5-4-7-14/h4-5,10,14H,6-9H2,1-3H3/b5-4+. The Morgan fingerprint density at radius 1 is 1.59 bits per heavy atom. The zero-order valence-electron chi connectivity index (χ0n) is 10.7. The van der Waals surface area contributed by atoms with Crippen LogP contribution in [0.4, 0.5) is 4.79 Å². The highest BCUT2D eigenvalue weighted by molar-refractivity contribution is 5.69. The van der Waals surface area contributed by atoms with Gasteiger partial charge >= 0.3 is 6.09 Å². The van der Waals surface area contributed by atoms with Gasteiger partial charge in [0, 0.05) is 6.54 Å². The van der Waals surface area contributed by atoms with Crippen molar-refractivity contribution in [3.8, 4) is 0 Å². The molecule has 0 aromatic rings. The van der Waals surface area contributed by atoms with Crippen molar-refractivity contribution in [1.82, 2.24) is 4.90 Å². The molecule has 0 spiro atoms. The van der Waals surface area contributed by atoms with Gasteiger partial charge in [0.05, 0.1) is 25.9 Å². The van der Waals surface area contributed by atoms with Gasteiger partial charge in [0.15, 0.2) is 0 Å².